The highest BCUT2D eigenvalue weighted by Crippen LogP contribution is 2.65. The smallest absolute Gasteiger partial charge is 0.253 e. The number of nitrogens with zero attached hydrogens (tertiary/aromatic N) is 1. The predicted octanol–water partition coefficient (Wildman–Crippen LogP) is 1.81. The molecule has 0 spiro atoms. The monoisotopic (exact) mass is 466 g/mol. The molecule has 10 heteroatoms. The second-order valence-electron chi connectivity index (χ2n) is 8.53. The summed E-state index contributed by atoms with van der Waals surface area (Å²) in [7, 11) is 1.26. The first-order valence-corrected chi connectivity index (χ1v) is 10.5. The summed E-state index contributed by atoms with van der Waals surface area (Å²) in [6, 6.07) is 3.82. The van der Waals surface area contributed by atoms with Crippen molar-refractivity contribution in [2.75, 3.05) is 7.05 Å². The number of imide groups is 2. The van der Waals surface area contributed by atoms with Gasteiger partial charge in [0.1, 0.15) is 0 Å². The number of hydrogen-bond acceptors (Lipinski definition) is 5. The normalized spacial score (nSPS) is 39.1. The lowest BCUT2D eigenvalue weighted by molar-refractivity contribution is -0.138. The van der Waals surface area contributed by atoms with Crippen molar-refractivity contribution in [2.45, 2.75) is 28.5 Å². The minimum Gasteiger partial charge on any atom is -0.505 e. The molecule has 0 bridgehead atoms. The molecule has 5 rings (SSSR count). The van der Waals surface area contributed by atoms with Gasteiger partial charge >= 0.3 is 0 Å². The number of carbonyl (C=O) groups is 4. The number of benzene rings is 1. The molecular weight excluding hydrogens is 450 g/mol. The van der Waals surface area contributed by atoms with Crippen LogP contribution in [0.1, 0.15) is 24.3 Å². The van der Waals surface area contributed by atoms with Gasteiger partial charge in [-0.15, -0.1) is 23.2 Å². The summed E-state index contributed by atoms with van der Waals surface area (Å²) >= 11 is 13.7. The van der Waals surface area contributed by atoms with Crippen LogP contribution >= 0.6 is 23.2 Å². The third kappa shape index (κ3) is 2.29. The van der Waals surface area contributed by atoms with Crippen LogP contribution < -0.4 is 5.32 Å². The molecule has 7 nitrogen and oxygen atoms in total. The SMILES string of the molecule is CN1C(=O)[C@]2(Cl)C[C@@H]3C(=CC[C@@H]4C(=O)NC(=O)[C@@H]43)[C@H](c3cccc(F)c3O)[C@]2(Cl)C1=O. The number of amides is 4. The number of likely N-dealkylation sites (tertiary alicyclic amines) is 1. The topological polar surface area (TPSA) is 104 Å². The molecule has 2 aliphatic heterocycles. The first kappa shape index (κ1) is 20.5. The Labute approximate surface area is 186 Å². The number of para-hydroxylation sites is 1. The van der Waals surface area contributed by atoms with Gasteiger partial charge in [-0.25, -0.2) is 4.39 Å². The lowest BCUT2D eigenvalue weighted by Crippen LogP contribution is -2.60. The zero-order valence-electron chi connectivity index (χ0n) is 16.2. The van der Waals surface area contributed by atoms with E-state index < -0.39 is 68.6 Å². The van der Waals surface area contributed by atoms with Gasteiger partial charge in [0.15, 0.2) is 21.3 Å². The van der Waals surface area contributed by atoms with Crippen molar-refractivity contribution in [3.63, 3.8) is 0 Å². The van der Waals surface area contributed by atoms with Crippen molar-refractivity contribution in [1.29, 1.82) is 0 Å². The van der Waals surface area contributed by atoms with Crippen LogP contribution in [0.5, 0.6) is 5.75 Å². The fraction of sp³-hybridized carbons (Fsp3) is 0.429. The molecule has 0 unspecified atom stereocenters. The van der Waals surface area contributed by atoms with E-state index in [4.69, 9.17) is 23.2 Å². The number of fused-ring (bicyclic) bond motifs is 4. The highest BCUT2D eigenvalue weighted by molar-refractivity contribution is 6.53. The fourth-order valence-electron chi connectivity index (χ4n) is 5.77. The number of halogens is 3. The van der Waals surface area contributed by atoms with Gasteiger partial charge in [-0.05, 0) is 24.8 Å². The Morgan fingerprint density at radius 3 is 2.55 bits per heavy atom. The summed E-state index contributed by atoms with van der Waals surface area (Å²) in [4.78, 5) is 48.0. The lowest BCUT2D eigenvalue weighted by atomic mass is 9.56. The van der Waals surface area contributed by atoms with Gasteiger partial charge in [0.2, 0.25) is 11.8 Å². The molecule has 0 radical (unpaired) electrons. The molecule has 31 heavy (non-hydrogen) atoms. The number of aromatic hydroxyl groups is 1. The first-order chi connectivity index (χ1) is 14.5. The highest BCUT2D eigenvalue weighted by atomic mass is 35.5. The summed E-state index contributed by atoms with van der Waals surface area (Å²) in [5.41, 5.74) is 0.491. The van der Waals surface area contributed by atoms with Gasteiger partial charge in [-0.2, -0.15) is 0 Å². The minimum absolute atomic E-state index is 0.00407. The number of phenolic OH excluding ortho intramolecular Hbond substituents is 1. The standard InChI is InChI=1S/C21H17Cl2FN2O5/c1-26-18(30)20(22)7-11-8(5-6-9-13(11)17(29)25-16(9)28)14(21(20,23)19(26)31)10-3-2-4-12(24)15(10)27/h2-5,9,11,13-14,27H,6-7H2,1H3,(H,25,28,29)/t9-,11+,13-,14+,20+,21-/m0/s1. The lowest BCUT2D eigenvalue weighted by Gasteiger charge is -2.50. The average molecular weight is 467 g/mol. The van der Waals surface area contributed by atoms with E-state index >= 15 is 0 Å². The van der Waals surface area contributed by atoms with Crippen LogP contribution in [0.3, 0.4) is 0 Å². The maximum Gasteiger partial charge on any atom is 0.253 e. The van der Waals surface area contributed by atoms with E-state index in [2.05, 4.69) is 5.32 Å². The van der Waals surface area contributed by atoms with Crippen molar-refractivity contribution in [2.24, 2.45) is 17.8 Å². The van der Waals surface area contributed by atoms with Crippen molar-refractivity contribution >= 4 is 46.8 Å². The van der Waals surface area contributed by atoms with Gasteiger partial charge in [-0.1, -0.05) is 23.8 Å². The molecule has 3 fully saturated rings. The number of allylic oxidation sites excluding steroid dienone is 2. The van der Waals surface area contributed by atoms with Crippen LogP contribution in [0.2, 0.25) is 0 Å². The maximum absolute atomic E-state index is 14.3. The Morgan fingerprint density at radius 2 is 1.84 bits per heavy atom. The molecule has 1 aromatic carbocycles. The zero-order valence-corrected chi connectivity index (χ0v) is 17.7. The molecule has 2 saturated heterocycles. The van der Waals surface area contributed by atoms with E-state index in [1.807, 2.05) is 0 Å². The van der Waals surface area contributed by atoms with Crippen molar-refractivity contribution in [3.05, 3.63) is 41.2 Å². The number of phenols is 1. The van der Waals surface area contributed by atoms with E-state index in [0.717, 1.165) is 11.0 Å². The summed E-state index contributed by atoms with van der Waals surface area (Å²) < 4.78 is 14.3. The van der Waals surface area contributed by atoms with Crippen LogP contribution in [-0.2, 0) is 19.2 Å². The molecule has 1 aromatic rings. The molecule has 1 saturated carbocycles. The van der Waals surface area contributed by atoms with E-state index in [9.17, 15) is 28.7 Å². The van der Waals surface area contributed by atoms with Crippen molar-refractivity contribution in [3.8, 4) is 5.75 Å². The number of nitrogens with one attached hydrogen (secondary N) is 1. The van der Waals surface area contributed by atoms with E-state index in [0.29, 0.717) is 5.57 Å². The van der Waals surface area contributed by atoms with Gasteiger partial charge in [0.25, 0.3) is 11.8 Å². The molecule has 162 valence electrons. The Bertz CT molecular complexity index is 1120. The van der Waals surface area contributed by atoms with Crippen LogP contribution in [0.25, 0.3) is 0 Å². The third-order valence-electron chi connectivity index (χ3n) is 7.19. The van der Waals surface area contributed by atoms with E-state index in [1.165, 1.54) is 19.2 Å². The molecule has 6 atom stereocenters. The minimum atomic E-state index is -2.04. The largest absolute Gasteiger partial charge is 0.505 e. The second kappa shape index (κ2) is 6.29. The number of carbonyl (C=O) groups excluding carboxylic acids is 4. The highest BCUT2D eigenvalue weighted by Gasteiger charge is 2.75. The summed E-state index contributed by atoms with van der Waals surface area (Å²) in [6.07, 6.45) is 1.77. The van der Waals surface area contributed by atoms with Crippen molar-refractivity contribution < 1.29 is 28.7 Å². The van der Waals surface area contributed by atoms with E-state index in [1.54, 1.807) is 6.08 Å². The fourth-order valence-corrected chi connectivity index (χ4v) is 6.78. The molecule has 2 N–H and O–H groups in total. The number of hydrogen-bond donors (Lipinski definition) is 2. The van der Waals surface area contributed by atoms with Gasteiger partial charge in [-0.3, -0.25) is 29.4 Å². The second-order valence-corrected chi connectivity index (χ2v) is 9.77. The van der Waals surface area contributed by atoms with E-state index in [-0.39, 0.29) is 18.4 Å². The predicted molar refractivity (Wildman–Crippen MR) is 107 cm³/mol. The summed E-state index contributed by atoms with van der Waals surface area (Å²) in [5.74, 6) is -7.32. The summed E-state index contributed by atoms with van der Waals surface area (Å²) in [6.45, 7) is 0. The van der Waals surface area contributed by atoms with Crippen LogP contribution in [0, 0.1) is 23.6 Å². The quantitative estimate of drug-likeness (QED) is 0.373. The van der Waals surface area contributed by atoms with Crippen LogP contribution in [0.4, 0.5) is 4.39 Å². The average Bonchev–Trinajstić information content (AvgIpc) is 3.09. The maximum atomic E-state index is 14.3. The third-order valence-corrected chi connectivity index (χ3v) is 8.60. The molecule has 4 amide bonds. The number of alkyl halides is 2. The number of rotatable bonds is 1. The first-order valence-electron chi connectivity index (χ1n) is 9.76. The molecule has 0 aromatic heterocycles. The van der Waals surface area contributed by atoms with Crippen LogP contribution in [-0.4, -0.2) is 50.4 Å². The zero-order chi connectivity index (χ0) is 22.5. The molecule has 2 aliphatic carbocycles. The molecule has 4 aliphatic rings. The Balaban J connectivity index is 1.79. The van der Waals surface area contributed by atoms with Gasteiger partial charge < -0.3 is 5.11 Å². The molecule has 2 heterocycles. The van der Waals surface area contributed by atoms with Crippen molar-refractivity contribution in [1.82, 2.24) is 10.2 Å². The molecular formula is C21H17Cl2FN2O5. The van der Waals surface area contributed by atoms with Crippen LogP contribution in [0.15, 0.2) is 29.8 Å². The summed E-state index contributed by atoms with van der Waals surface area (Å²) in [5, 5.41) is 12.8. The van der Waals surface area contributed by atoms with Gasteiger partial charge in [0.05, 0.1) is 11.8 Å². The Hall–Kier alpha value is -2.45. The Kier molecular flexibility index (Phi) is 4.15. The van der Waals surface area contributed by atoms with Gasteiger partial charge in [0, 0.05) is 18.5 Å². The Morgan fingerprint density at radius 1 is 1.13 bits per heavy atom.